The fourth-order valence-electron chi connectivity index (χ4n) is 1.93. The summed E-state index contributed by atoms with van der Waals surface area (Å²) in [4.78, 5) is 0.165. The van der Waals surface area contributed by atoms with Gasteiger partial charge in [-0.15, -0.1) is 0 Å². The molecule has 0 unspecified atom stereocenters. The second-order valence-corrected chi connectivity index (χ2v) is 6.40. The van der Waals surface area contributed by atoms with Crippen molar-refractivity contribution < 1.29 is 13.2 Å². The molecule has 1 fully saturated rings. The summed E-state index contributed by atoms with van der Waals surface area (Å²) in [5.74, 6) is 0.485. The van der Waals surface area contributed by atoms with Crippen molar-refractivity contribution >= 4 is 9.84 Å². The molecule has 1 aliphatic carbocycles. The number of sulfone groups is 1. The van der Waals surface area contributed by atoms with E-state index < -0.39 is 14.6 Å². The van der Waals surface area contributed by atoms with Crippen LogP contribution in [0.25, 0.3) is 0 Å². The van der Waals surface area contributed by atoms with E-state index in [1.54, 1.807) is 12.1 Å². The summed E-state index contributed by atoms with van der Waals surface area (Å²) in [6.45, 7) is 0. The summed E-state index contributed by atoms with van der Waals surface area (Å²) in [5, 5.41) is 9.10. The van der Waals surface area contributed by atoms with Crippen LogP contribution in [0.4, 0.5) is 0 Å². The minimum Gasteiger partial charge on any atom is -0.497 e. The first kappa shape index (κ1) is 11.9. The first-order valence-corrected chi connectivity index (χ1v) is 6.84. The van der Waals surface area contributed by atoms with Gasteiger partial charge in [-0.25, -0.2) is 8.42 Å². The molecule has 0 radical (unpaired) electrons. The van der Waals surface area contributed by atoms with Gasteiger partial charge in [-0.1, -0.05) is 6.07 Å². The molecule has 0 amide bonds. The summed E-state index contributed by atoms with van der Waals surface area (Å²) in [5.41, 5.74) is 0. The van der Waals surface area contributed by atoms with Crippen LogP contribution < -0.4 is 4.74 Å². The Morgan fingerprint density at radius 3 is 2.59 bits per heavy atom. The molecule has 0 N–H and O–H groups in total. The van der Waals surface area contributed by atoms with Gasteiger partial charge in [-0.3, -0.25) is 0 Å². The van der Waals surface area contributed by atoms with Crippen molar-refractivity contribution in [1.29, 1.82) is 5.26 Å². The zero-order valence-electron chi connectivity index (χ0n) is 9.51. The maximum atomic E-state index is 12.4. The van der Waals surface area contributed by atoms with E-state index in [1.807, 2.05) is 6.07 Å². The van der Waals surface area contributed by atoms with E-state index >= 15 is 0 Å². The second-order valence-electron chi connectivity index (χ2n) is 4.14. The Balaban J connectivity index is 2.49. The van der Waals surface area contributed by atoms with Crippen LogP contribution in [-0.4, -0.2) is 20.3 Å². The number of ether oxygens (including phenoxy) is 1. The highest BCUT2D eigenvalue weighted by Gasteiger charge is 2.50. The first-order valence-electron chi connectivity index (χ1n) is 5.36. The van der Waals surface area contributed by atoms with E-state index in [4.69, 9.17) is 10.00 Å². The molecule has 1 aliphatic rings. The molecule has 0 heterocycles. The number of hydrogen-bond acceptors (Lipinski definition) is 4. The lowest BCUT2D eigenvalue weighted by Gasteiger charge is -2.34. The van der Waals surface area contributed by atoms with Gasteiger partial charge in [0.1, 0.15) is 5.75 Å². The molecule has 0 spiro atoms. The standard InChI is InChI=1S/C12H13NO3S/c1-16-10-4-2-5-11(8-10)17(14,15)12(9-13)6-3-7-12/h2,4-5,8H,3,6-7H2,1H3. The average Bonchev–Trinajstić information content (AvgIpc) is 2.28. The topological polar surface area (TPSA) is 67.2 Å². The molecular formula is C12H13NO3S. The van der Waals surface area contributed by atoms with Gasteiger partial charge < -0.3 is 4.74 Å². The summed E-state index contributed by atoms with van der Waals surface area (Å²) in [6.07, 6.45) is 1.63. The lowest BCUT2D eigenvalue weighted by molar-refractivity contribution is 0.403. The number of nitriles is 1. The Morgan fingerprint density at radius 1 is 1.41 bits per heavy atom. The van der Waals surface area contributed by atoms with Crippen LogP contribution >= 0.6 is 0 Å². The van der Waals surface area contributed by atoms with Crippen LogP contribution in [-0.2, 0) is 9.84 Å². The number of hydrogen-bond donors (Lipinski definition) is 0. The van der Waals surface area contributed by atoms with Gasteiger partial charge in [0.05, 0.1) is 18.1 Å². The van der Waals surface area contributed by atoms with Gasteiger partial charge in [-0.2, -0.15) is 5.26 Å². The SMILES string of the molecule is COc1cccc(S(=O)(=O)C2(C#N)CCC2)c1. The smallest absolute Gasteiger partial charge is 0.197 e. The minimum atomic E-state index is -3.59. The monoisotopic (exact) mass is 251 g/mol. The molecule has 1 saturated carbocycles. The molecule has 4 nitrogen and oxygen atoms in total. The van der Waals surface area contributed by atoms with Gasteiger partial charge >= 0.3 is 0 Å². The van der Waals surface area contributed by atoms with Crippen LogP contribution in [0.15, 0.2) is 29.2 Å². The molecule has 0 atom stereocenters. The minimum absolute atomic E-state index is 0.165. The Hall–Kier alpha value is -1.54. The molecule has 1 aromatic rings. The van der Waals surface area contributed by atoms with Crippen LogP contribution in [0.2, 0.25) is 0 Å². The Bertz CT molecular complexity index is 568. The lowest BCUT2D eigenvalue weighted by Crippen LogP contribution is -2.43. The zero-order chi connectivity index (χ0) is 12.5. The molecule has 0 bridgehead atoms. The van der Waals surface area contributed by atoms with Crippen molar-refractivity contribution in [2.45, 2.75) is 28.9 Å². The summed E-state index contributed by atoms with van der Waals surface area (Å²) >= 11 is 0. The van der Waals surface area contributed by atoms with Crippen molar-refractivity contribution in [3.63, 3.8) is 0 Å². The van der Waals surface area contributed by atoms with Crippen molar-refractivity contribution in [2.75, 3.05) is 7.11 Å². The number of benzene rings is 1. The quantitative estimate of drug-likeness (QED) is 0.823. The van der Waals surface area contributed by atoms with Crippen LogP contribution in [0, 0.1) is 11.3 Å². The van der Waals surface area contributed by atoms with Crippen LogP contribution in [0.5, 0.6) is 5.75 Å². The largest absolute Gasteiger partial charge is 0.497 e. The predicted molar refractivity (Wildman–Crippen MR) is 62.4 cm³/mol. The highest BCUT2D eigenvalue weighted by molar-refractivity contribution is 7.93. The summed E-state index contributed by atoms with van der Waals surface area (Å²) in [6, 6.07) is 8.24. The second kappa shape index (κ2) is 4.04. The van der Waals surface area contributed by atoms with E-state index in [9.17, 15) is 8.42 Å². The molecule has 2 rings (SSSR count). The van der Waals surface area contributed by atoms with Crippen molar-refractivity contribution in [3.05, 3.63) is 24.3 Å². The Morgan fingerprint density at radius 2 is 2.12 bits per heavy atom. The Labute approximate surface area is 101 Å². The zero-order valence-corrected chi connectivity index (χ0v) is 10.3. The maximum Gasteiger partial charge on any atom is 0.197 e. The van der Waals surface area contributed by atoms with E-state index in [1.165, 1.54) is 19.2 Å². The molecule has 0 aliphatic heterocycles. The molecular weight excluding hydrogens is 238 g/mol. The Kier molecular flexibility index (Phi) is 2.84. The summed E-state index contributed by atoms with van der Waals surface area (Å²) in [7, 11) is -2.11. The van der Waals surface area contributed by atoms with Crippen LogP contribution in [0.3, 0.4) is 0 Å². The van der Waals surface area contributed by atoms with E-state index in [-0.39, 0.29) is 4.90 Å². The third-order valence-corrected chi connectivity index (χ3v) is 5.63. The van der Waals surface area contributed by atoms with Gasteiger partial charge in [0, 0.05) is 0 Å². The first-order chi connectivity index (χ1) is 8.05. The fraction of sp³-hybridized carbons (Fsp3) is 0.417. The average molecular weight is 251 g/mol. The lowest BCUT2D eigenvalue weighted by atomic mass is 9.86. The molecule has 17 heavy (non-hydrogen) atoms. The fourth-order valence-corrected chi connectivity index (χ4v) is 3.86. The highest BCUT2D eigenvalue weighted by atomic mass is 32.2. The van der Waals surface area contributed by atoms with E-state index in [2.05, 4.69) is 0 Å². The maximum absolute atomic E-state index is 12.4. The molecule has 90 valence electrons. The molecule has 5 heteroatoms. The molecule has 1 aromatic carbocycles. The van der Waals surface area contributed by atoms with Gasteiger partial charge in [0.15, 0.2) is 14.6 Å². The van der Waals surface area contributed by atoms with E-state index in [0.717, 1.165) is 6.42 Å². The van der Waals surface area contributed by atoms with Crippen LogP contribution in [0.1, 0.15) is 19.3 Å². The number of methoxy groups -OCH3 is 1. The normalized spacial score (nSPS) is 17.9. The molecule has 0 saturated heterocycles. The number of nitrogens with zero attached hydrogens (tertiary/aromatic N) is 1. The van der Waals surface area contributed by atoms with Gasteiger partial charge in [-0.05, 0) is 37.5 Å². The molecule has 0 aromatic heterocycles. The number of rotatable bonds is 3. The van der Waals surface area contributed by atoms with Crippen molar-refractivity contribution in [1.82, 2.24) is 0 Å². The van der Waals surface area contributed by atoms with Crippen molar-refractivity contribution in [2.24, 2.45) is 0 Å². The third kappa shape index (κ3) is 1.69. The van der Waals surface area contributed by atoms with Crippen molar-refractivity contribution in [3.8, 4) is 11.8 Å². The van der Waals surface area contributed by atoms with Gasteiger partial charge in [0.25, 0.3) is 0 Å². The van der Waals surface area contributed by atoms with E-state index in [0.29, 0.717) is 18.6 Å². The predicted octanol–water partition coefficient (Wildman–Crippen LogP) is 1.92. The van der Waals surface area contributed by atoms with Gasteiger partial charge in [0.2, 0.25) is 0 Å². The highest BCUT2D eigenvalue weighted by Crippen LogP contribution is 2.42. The summed E-state index contributed by atoms with van der Waals surface area (Å²) < 4.78 is 28.5. The third-order valence-electron chi connectivity index (χ3n) is 3.23.